The first-order valence-electron chi connectivity index (χ1n) is 7.83. The molecule has 9 heteroatoms. The first-order valence-corrected chi connectivity index (χ1v) is 10.0. The van der Waals surface area contributed by atoms with Crippen molar-refractivity contribution in [1.82, 2.24) is 18.5 Å². The van der Waals surface area contributed by atoms with E-state index in [-0.39, 0.29) is 18.0 Å². The second kappa shape index (κ2) is 6.94. The number of benzene rings is 2. The molecule has 0 unspecified atom stereocenters. The predicted molar refractivity (Wildman–Crippen MR) is 99.8 cm³/mol. The molecule has 0 aliphatic heterocycles. The van der Waals surface area contributed by atoms with Gasteiger partial charge in [0.05, 0.1) is 11.7 Å². The number of ether oxygens (including phenoxy) is 1. The van der Waals surface area contributed by atoms with Gasteiger partial charge < -0.3 is 4.74 Å². The molecule has 0 saturated heterocycles. The number of nitrogens with one attached hydrogen (secondary N) is 1. The largest absolute Gasteiger partial charge is 0.490 e. The average Bonchev–Trinajstić information content (AvgIpc) is 3.14. The quantitative estimate of drug-likeness (QED) is 0.512. The smallest absolute Gasteiger partial charge is 0.242 e. The van der Waals surface area contributed by atoms with Gasteiger partial charge in [0.1, 0.15) is 33.8 Å². The molecule has 0 aliphatic rings. The van der Waals surface area contributed by atoms with Gasteiger partial charge in [0.2, 0.25) is 10.0 Å². The second-order valence-corrected chi connectivity index (χ2v) is 7.73. The van der Waals surface area contributed by atoms with E-state index in [1.807, 2.05) is 30.3 Å². The lowest BCUT2D eigenvalue weighted by Gasteiger charge is -2.10. The number of hydrogen-bond acceptors (Lipinski definition) is 7. The Balaban J connectivity index is 1.45. The summed E-state index contributed by atoms with van der Waals surface area (Å²) in [6, 6.07) is 14.3. The normalized spacial score (nSPS) is 11.8. The van der Waals surface area contributed by atoms with E-state index in [1.54, 1.807) is 18.3 Å². The summed E-state index contributed by atoms with van der Waals surface area (Å²) >= 11 is 0.986. The van der Waals surface area contributed by atoms with Gasteiger partial charge in [0, 0.05) is 18.1 Å². The molecule has 2 aromatic carbocycles. The fourth-order valence-corrected chi connectivity index (χ4v) is 4.38. The standard InChI is InChI=1S/C17H14N4O3S2/c22-26(23,15-8-2-6-13-17(15)21-25-20-13)19-10-11-24-14-7-1-4-12-5-3-9-18-16(12)14/h1-9,19H,10-11H2. The highest BCUT2D eigenvalue weighted by atomic mass is 32.2. The number of fused-ring (bicyclic) bond motifs is 2. The zero-order valence-electron chi connectivity index (χ0n) is 13.5. The Hall–Kier alpha value is -2.62. The van der Waals surface area contributed by atoms with Crippen LogP contribution in [0.1, 0.15) is 0 Å². The molecule has 0 radical (unpaired) electrons. The van der Waals surface area contributed by atoms with Crippen LogP contribution >= 0.6 is 11.7 Å². The first-order chi connectivity index (χ1) is 12.6. The highest BCUT2D eigenvalue weighted by molar-refractivity contribution is 7.89. The van der Waals surface area contributed by atoms with Crippen molar-refractivity contribution in [3.05, 3.63) is 54.7 Å². The van der Waals surface area contributed by atoms with E-state index in [1.165, 1.54) is 6.07 Å². The number of pyridine rings is 1. The molecule has 2 heterocycles. The minimum atomic E-state index is -3.70. The molecule has 26 heavy (non-hydrogen) atoms. The molecule has 2 aromatic heterocycles. The lowest BCUT2D eigenvalue weighted by molar-refractivity contribution is 0.326. The van der Waals surface area contributed by atoms with E-state index in [9.17, 15) is 8.42 Å². The van der Waals surface area contributed by atoms with Crippen LogP contribution in [0.15, 0.2) is 59.6 Å². The fourth-order valence-electron chi connectivity index (χ4n) is 2.61. The number of nitrogens with zero attached hydrogens (tertiary/aromatic N) is 3. The van der Waals surface area contributed by atoms with Gasteiger partial charge in [0.15, 0.2) is 0 Å². The molecular weight excluding hydrogens is 372 g/mol. The van der Waals surface area contributed by atoms with Crippen molar-refractivity contribution in [3.63, 3.8) is 0 Å². The van der Waals surface area contributed by atoms with Crippen LogP contribution in [0.3, 0.4) is 0 Å². The van der Waals surface area contributed by atoms with Crippen LogP contribution in [0, 0.1) is 0 Å². The van der Waals surface area contributed by atoms with Crippen molar-refractivity contribution in [2.45, 2.75) is 4.90 Å². The minimum absolute atomic E-state index is 0.121. The Morgan fingerprint density at radius 1 is 1.00 bits per heavy atom. The maximum Gasteiger partial charge on any atom is 0.242 e. The van der Waals surface area contributed by atoms with Crippen LogP contribution in [-0.2, 0) is 10.0 Å². The van der Waals surface area contributed by atoms with Gasteiger partial charge in [-0.15, -0.1) is 0 Å². The third-order valence-corrected chi connectivity index (χ3v) is 5.82. The third-order valence-electron chi connectivity index (χ3n) is 3.79. The van der Waals surface area contributed by atoms with Gasteiger partial charge in [-0.2, -0.15) is 8.75 Å². The zero-order valence-corrected chi connectivity index (χ0v) is 15.1. The molecule has 4 aromatic rings. The van der Waals surface area contributed by atoms with Crippen LogP contribution in [0.5, 0.6) is 5.75 Å². The summed E-state index contributed by atoms with van der Waals surface area (Å²) in [7, 11) is -3.70. The molecule has 0 amide bonds. The van der Waals surface area contributed by atoms with Crippen LogP contribution in [0.2, 0.25) is 0 Å². The van der Waals surface area contributed by atoms with Crippen LogP contribution < -0.4 is 9.46 Å². The van der Waals surface area contributed by atoms with E-state index in [2.05, 4.69) is 18.5 Å². The molecular formula is C17H14N4O3S2. The van der Waals surface area contributed by atoms with Crippen molar-refractivity contribution in [3.8, 4) is 5.75 Å². The SMILES string of the molecule is O=S(=O)(NCCOc1cccc2cccnc12)c1cccc2nsnc12. The third kappa shape index (κ3) is 3.24. The van der Waals surface area contributed by atoms with Gasteiger partial charge >= 0.3 is 0 Å². The Labute approximate surface area is 154 Å². The second-order valence-electron chi connectivity index (χ2n) is 5.47. The van der Waals surface area contributed by atoms with E-state index < -0.39 is 10.0 Å². The summed E-state index contributed by atoms with van der Waals surface area (Å²) in [6.07, 6.45) is 1.69. The average molecular weight is 386 g/mol. The van der Waals surface area contributed by atoms with E-state index in [0.29, 0.717) is 16.8 Å². The van der Waals surface area contributed by atoms with Crippen molar-refractivity contribution in [2.75, 3.05) is 13.2 Å². The van der Waals surface area contributed by atoms with E-state index in [4.69, 9.17) is 4.74 Å². The highest BCUT2D eigenvalue weighted by Crippen LogP contribution is 2.23. The summed E-state index contributed by atoms with van der Waals surface area (Å²) in [5.74, 6) is 0.619. The number of sulfonamides is 1. The molecule has 0 aliphatic carbocycles. The summed E-state index contributed by atoms with van der Waals surface area (Å²) < 4.78 is 41.4. The summed E-state index contributed by atoms with van der Waals surface area (Å²) in [4.78, 5) is 4.43. The van der Waals surface area contributed by atoms with Crippen molar-refractivity contribution in [1.29, 1.82) is 0 Å². The Kier molecular flexibility index (Phi) is 4.49. The van der Waals surface area contributed by atoms with Crippen LogP contribution in [0.25, 0.3) is 21.9 Å². The topological polar surface area (TPSA) is 94.1 Å². The summed E-state index contributed by atoms with van der Waals surface area (Å²) in [5, 5.41) is 0.966. The van der Waals surface area contributed by atoms with Gasteiger partial charge in [-0.25, -0.2) is 13.1 Å². The molecule has 0 bridgehead atoms. The summed E-state index contributed by atoms with van der Waals surface area (Å²) in [6.45, 7) is 0.305. The zero-order chi connectivity index (χ0) is 18.0. The number of aromatic nitrogens is 3. The molecule has 4 rings (SSSR count). The highest BCUT2D eigenvalue weighted by Gasteiger charge is 2.19. The Morgan fingerprint density at radius 2 is 1.85 bits per heavy atom. The van der Waals surface area contributed by atoms with Gasteiger partial charge in [0.25, 0.3) is 0 Å². The molecule has 132 valence electrons. The van der Waals surface area contributed by atoms with Gasteiger partial charge in [-0.05, 0) is 24.3 Å². The summed E-state index contributed by atoms with van der Waals surface area (Å²) in [5.41, 5.74) is 1.69. The molecule has 0 atom stereocenters. The first kappa shape index (κ1) is 16.8. The molecule has 1 N–H and O–H groups in total. The number of para-hydroxylation sites is 1. The van der Waals surface area contributed by atoms with Crippen molar-refractivity contribution >= 4 is 43.7 Å². The van der Waals surface area contributed by atoms with Crippen molar-refractivity contribution in [2.24, 2.45) is 0 Å². The Morgan fingerprint density at radius 3 is 2.77 bits per heavy atom. The predicted octanol–water partition coefficient (Wildman–Crippen LogP) is 2.60. The minimum Gasteiger partial charge on any atom is -0.490 e. The van der Waals surface area contributed by atoms with E-state index in [0.717, 1.165) is 22.6 Å². The molecule has 0 saturated carbocycles. The van der Waals surface area contributed by atoms with Crippen LogP contribution in [-0.4, -0.2) is 35.3 Å². The fraction of sp³-hybridized carbons (Fsp3) is 0.118. The van der Waals surface area contributed by atoms with Crippen molar-refractivity contribution < 1.29 is 13.2 Å². The molecule has 0 spiro atoms. The maximum atomic E-state index is 12.5. The molecule has 0 fully saturated rings. The van der Waals surface area contributed by atoms with Crippen LogP contribution in [0.4, 0.5) is 0 Å². The lowest BCUT2D eigenvalue weighted by atomic mass is 10.2. The van der Waals surface area contributed by atoms with Gasteiger partial charge in [-0.1, -0.05) is 24.3 Å². The van der Waals surface area contributed by atoms with E-state index >= 15 is 0 Å². The number of rotatable bonds is 6. The number of hydrogen-bond donors (Lipinski definition) is 1. The monoisotopic (exact) mass is 386 g/mol. The molecule has 7 nitrogen and oxygen atoms in total. The Bertz CT molecular complexity index is 1170. The maximum absolute atomic E-state index is 12.5. The lowest BCUT2D eigenvalue weighted by Crippen LogP contribution is -2.28. The van der Waals surface area contributed by atoms with Gasteiger partial charge in [-0.3, -0.25) is 4.98 Å².